The molecule has 0 saturated heterocycles. The van der Waals surface area contributed by atoms with Gasteiger partial charge in [-0.25, -0.2) is 0 Å². The number of rotatable bonds is 10. The van der Waals surface area contributed by atoms with Crippen molar-refractivity contribution in [2.24, 2.45) is 5.92 Å². The van der Waals surface area contributed by atoms with Crippen LogP contribution in [0.15, 0.2) is 0 Å². The highest BCUT2D eigenvalue weighted by Gasteiger charge is 2.21. The molecule has 0 aromatic heterocycles. The Balaban J connectivity index is 2.16. The number of nitrogens with zero attached hydrogens (tertiary/aromatic N) is 2. The monoisotopic (exact) mass is 239 g/mol. The maximum absolute atomic E-state index is 8.64. The van der Waals surface area contributed by atoms with Crippen molar-refractivity contribution in [2.75, 3.05) is 39.9 Å². The molecule has 17 heavy (non-hydrogen) atoms. The van der Waals surface area contributed by atoms with Gasteiger partial charge >= 0.3 is 0 Å². The van der Waals surface area contributed by atoms with E-state index in [9.17, 15) is 0 Å². The van der Waals surface area contributed by atoms with Gasteiger partial charge in [0.2, 0.25) is 0 Å². The zero-order valence-corrected chi connectivity index (χ0v) is 11.1. The summed E-state index contributed by atoms with van der Waals surface area (Å²) in [7, 11) is 1.72. The molecule has 0 aromatic rings. The van der Waals surface area contributed by atoms with Gasteiger partial charge in [-0.05, 0) is 25.3 Å². The SMILES string of the molecule is COCCN(CCC#N)CC(C)CNC1CC1. The van der Waals surface area contributed by atoms with Crippen LogP contribution >= 0.6 is 0 Å². The summed E-state index contributed by atoms with van der Waals surface area (Å²) in [5.74, 6) is 0.631. The maximum Gasteiger partial charge on any atom is 0.0635 e. The van der Waals surface area contributed by atoms with E-state index in [2.05, 4.69) is 23.2 Å². The second kappa shape index (κ2) is 8.46. The Morgan fingerprint density at radius 3 is 2.82 bits per heavy atom. The molecule has 0 radical (unpaired) electrons. The molecular formula is C13H25N3O. The van der Waals surface area contributed by atoms with Crippen molar-refractivity contribution in [1.29, 1.82) is 5.26 Å². The van der Waals surface area contributed by atoms with Crippen LogP contribution in [0.2, 0.25) is 0 Å². The van der Waals surface area contributed by atoms with Crippen LogP contribution in [0, 0.1) is 17.2 Å². The summed E-state index contributed by atoms with van der Waals surface area (Å²) in [4.78, 5) is 2.33. The van der Waals surface area contributed by atoms with E-state index in [0.29, 0.717) is 12.3 Å². The predicted octanol–water partition coefficient (Wildman–Crippen LogP) is 1.24. The molecule has 4 nitrogen and oxygen atoms in total. The number of nitriles is 1. The highest BCUT2D eigenvalue weighted by molar-refractivity contribution is 4.82. The minimum atomic E-state index is 0.604. The lowest BCUT2D eigenvalue weighted by atomic mass is 10.1. The normalized spacial score (nSPS) is 17.1. The summed E-state index contributed by atoms with van der Waals surface area (Å²) in [6.45, 7) is 6.92. The molecule has 1 unspecified atom stereocenters. The van der Waals surface area contributed by atoms with Crippen LogP contribution in [0.5, 0.6) is 0 Å². The van der Waals surface area contributed by atoms with Gasteiger partial charge in [-0.1, -0.05) is 6.92 Å². The topological polar surface area (TPSA) is 48.3 Å². The first-order valence-corrected chi connectivity index (χ1v) is 6.58. The van der Waals surface area contributed by atoms with E-state index in [4.69, 9.17) is 10.00 Å². The van der Waals surface area contributed by atoms with Gasteiger partial charge in [-0.2, -0.15) is 5.26 Å². The Morgan fingerprint density at radius 2 is 2.24 bits per heavy atom. The molecule has 1 fully saturated rings. The van der Waals surface area contributed by atoms with Crippen LogP contribution in [-0.4, -0.2) is 50.8 Å². The fourth-order valence-electron chi connectivity index (χ4n) is 1.88. The third-order valence-electron chi connectivity index (χ3n) is 3.05. The van der Waals surface area contributed by atoms with Crippen LogP contribution in [0.4, 0.5) is 0 Å². The zero-order chi connectivity index (χ0) is 12.5. The lowest BCUT2D eigenvalue weighted by molar-refractivity contribution is 0.139. The molecule has 1 saturated carbocycles. The Kier molecular flexibility index (Phi) is 7.18. The van der Waals surface area contributed by atoms with Crippen LogP contribution in [0.25, 0.3) is 0 Å². The third-order valence-corrected chi connectivity index (χ3v) is 3.05. The molecule has 0 spiro atoms. The molecule has 0 bridgehead atoms. The molecule has 1 rings (SSSR count). The van der Waals surface area contributed by atoms with E-state index in [1.54, 1.807) is 7.11 Å². The van der Waals surface area contributed by atoms with Crippen LogP contribution in [0.1, 0.15) is 26.2 Å². The first kappa shape index (κ1) is 14.4. The fraction of sp³-hybridized carbons (Fsp3) is 0.923. The van der Waals surface area contributed by atoms with Crippen LogP contribution in [0.3, 0.4) is 0 Å². The van der Waals surface area contributed by atoms with Crippen molar-refractivity contribution in [3.63, 3.8) is 0 Å². The molecule has 4 heteroatoms. The van der Waals surface area contributed by atoms with Crippen molar-refractivity contribution in [2.45, 2.75) is 32.2 Å². The van der Waals surface area contributed by atoms with Gasteiger partial charge in [0.1, 0.15) is 0 Å². The van der Waals surface area contributed by atoms with Crippen molar-refractivity contribution >= 4 is 0 Å². The molecule has 1 N–H and O–H groups in total. The largest absolute Gasteiger partial charge is 0.383 e. The number of hydrogen-bond donors (Lipinski definition) is 1. The van der Waals surface area contributed by atoms with Gasteiger partial charge in [0.25, 0.3) is 0 Å². The van der Waals surface area contributed by atoms with Gasteiger partial charge in [0, 0.05) is 39.2 Å². The summed E-state index contributed by atoms with van der Waals surface area (Å²) in [5.41, 5.74) is 0. The van der Waals surface area contributed by atoms with E-state index in [1.165, 1.54) is 12.8 Å². The van der Waals surface area contributed by atoms with Crippen LogP contribution in [-0.2, 0) is 4.74 Å². The average Bonchev–Trinajstić information content (AvgIpc) is 3.14. The van der Waals surface area contributed by atoms with E-state index < -0.39 is 0 Å². The molecule has 0 aromatic carbocycles. The number of ether oxygens (including phenoxy) is 1. The predicted molar refractivity (Wildman–Crippen MR) is 68.7 cm³/mol. The summed E-state index contributed by atoms with van der Waals surface area (Å²) < 4.78 is 5.10. The molecule has 0 aliphatic heterocycles. The molecular weight excluding hydrogens is 214 g/mol. The van der Waals surface area contributed by atoms with Crippen molar-refractivity contribution in [3.05, 3.63) is 0 Å². The van der Waals surface area contributed by atoms with Gasteiger partial charge < -0.3 is 10.1 Å². The zero-order valence-electron chi connectivity index (χ0n) is 11.1. The van der Waals surface area contributed by atoms with Crippen molar-refractivity contribution in [1.82, 2.24) is 10.2 Å². The number of methoxy groups -OCH3 is 1. The molecule has 1 aliphatic carbocycles. The highest BCUT2D eigenvalue weighted by Crippen LogP contribution is 2.18. The number of hydrogen-bond acceptors (Lipinski definition) is 4. The second-order valence-corrected chi connectivity index (χ2v) is 4.99. The van der Waals surface area contributed by atoms with Gasteiger partial charge in [0.15, 0.2) is 0 Å². The standard InChI is InChI=1S/C13H25N3O/c1-12(10-15-13-4-5-13)11-16(7-3-6-14)8-9-17-2/h12-13,15H,3-5,7-11H2,1-2H3. The quantitative estimate of drug-likeness (QED) is 0.623. The maximum atomic E-state index is 8.64. The second-order valence-electron chi connectivity index (χ2n) is 4.99. The summed E-state index contributed by atoms with van der Waals surface area (Å²) in [6.07, 6.45) is 3.29. The molecule has 1 aliphatic rings. The van der Waals surface area contributed by atoms with E-state index in [0.717, 1.165) is 38.8 Å². The van der Waals surface area contributed by atoms with Gasteiger partial charge in [-0.15, -0.1) is 0 Å². The third kappa shape index (κ3) is 7.32. The highest BCUT2D eigenvalue weighted by atomic mass is 16.5. The van der Waals surface area contributed by atoms with Crippen LogP contribution < -0.4 is 5.32 Å². The first-order valence-electron chi connectivity index (χ1n) is 6.58. The van der Waals surface area contributed by atoms with Gasteiger partial charge in [0.05, 0.1) is 12.7 Å². The lowest BCUT2D eigenvalue weighted by Crippen LogP contribution is -2.36. The molecule has 1 atom stereocenters. The fourth-order valence-corrected chi connectivity index (χ4v) is 1.88. The van der Waals surface area contributed by atoms with E-state index in [-0.39, 0.29) is 0 Å². The molecule has 0 heterocycles. The number of nitrogens with one attached hydrogen (secondary N) is 1. The Labute approximate surface area is 105 Å². The Morgan fingerprint density at radius 1 is 1.47 bits per heavy atom. The smallest absolute Gasteiger partial charge is 0.0635 e. The summed E-state index contributed by atoms with van der Waals surface area (Å²) in [5, 5.41) is 12.2. The molecule has 0 amide bonds. The minimum absolute atomic E-state index is 0.604. The average molecular weight is 239 g/mol. The van der Waals surface area contributed by atoms with E-state index in [1.807, 2.05) is 0 Å². The van der Waals surface area contributed by atoms with Crippen molar-refractivity contribution in [3.8, 4) is 6.07 Å². The van der Waals surface area contributed by atoms with Crippen molar-refractivity contribution < 1.29 is 4.74 Å². The first-order chi connectivity index (χ1) is 8.26. The Bertz CT molecular complexity index is 235. The minimum Gasteiger partial charge on any atom is -0.383 e. The molecule has 98 valence electrons. The van der Waals surface area contributed by atoms with E-state index >= 15 is 0 Å². The summed E-state index contributed by atoms with van der Waals surface area (Å²) >= 11 is 0. The Hall–Kier alpha value is -0.630. The summed E-state index contributed by atoms with van der Waals surface area (Å²) in [6, 6.07) is 2.99. The lowest BCUT2D eigenvalue weighted by Gasteiger charge is -2.24. The van der Waals surface area contributed by atoms with Gasteiger partial charge in [-0.3, -0.25) is 4.90 Å².